The van der Waals surface area contributed by atoms with E-state index in [0.29, 0.717) is 10.8 Å². The molecule has 0 saturated heterocycles. The second kappa shape index (κ2) is 9.08. The molecule has 2 N–H and O–H groups in total. The highest BCUT2D eigenvalue weighted by atomic mass is 35.5. The van der Waals surface area contributed by atoms with Crippen LogP contribution < -0.4 is 15.4 Å². The van der Waals surface area contributed by atoms with E-state index in [0.717, 1.165) is 11.1 Å². The van der Waals surface area contributed by atoms with Gasteiger partial charge in [0.1, 0.15) is 5.75 Å². The molecule has 0 aliphatic carbocycles. The molecule has 0 aromatic heterocycles. The number of hydrogen-bond donors (Lipinski definition) is 2. The molecule has 6 heteroatoms. The lowest BCUT2D eigenvalue weighted by Gasteiger charge is -2.11. The topological polar surface area (TPSA) is 67.4 Å². The highest BCUT2D eigenvalue weighted by Crippen LogP contribution is 2.30. The van der Waals surface area contributed by atoms with Crippen LogP contribution in [0.15, 0.2) is 48.5 Å². The van der Waals surface area contributed by atoms with E-state index >= 15 is 0 Å². The summed E-state index contributed by atoms with van der Waals surface area (Å²) < 4.78 is 5.43. The van der Waals surface area contributed by atoms with Crippen LogP contribution in [-0.2, 0) is 9.59 Å². The van der Waals surface area contributed by atoms with Gasteiger partial charge in [-0.05, 0) is 37.1 Å². The molecule has 25 heavy (non-hydrogen) atoms. The molecule has 0 radical (unpaired) electrons. The van der Waals surface area contributed by atoms with E-state index in [1.165, 1.54) is 0 Å². The summed E-state index contributed by atoms with van der Waals surface area (Å²) in [5, 5.41) is 5.61. The molecule has 0 spiro atoms. The second-order valence-corrected chi connectivity index (χ2v) is 6.21. The van der Waals surface area contributed by atoms with E-state index in [-0.39, 0.29) is 31.0 Å². The molecule has 0 saturated carbocycles. The first-order valence-corrected chi connectivity index (χ1v) is 8.37. The Morgan fingerprint density at radius 1 is 1.04 bits per heavy atom. The fourth-order valence-corrected chi connectivity index (χ4v) is 2.41. The maximum Gasteiger partial charge on any atom is 0.258 e. The van der Waals surface area contributed by atoms with Crippen molar-refractivity contribution in [2.75, 3.05) is 13.2 Å². The molecule has 0 heterocycles. The Morgan fingerprint density at radius 2 is 1.76 bits per heavy atom. The Balaban J connectivity index is 1.86. The van der Waals surface area contributed by atoms with Crippen molar-refractivity contribution in [3.05, 3.63) is 53.6 Å². The Morgan fingerprint density at radius 3 is 2.40 bits per heavy atom. The lowest BCUT2D eigenvalue weighted by atomic mass is 10.1. The summed E-state index contributed by atoms with van der Waals surface area (Å²) >= 11 is 6.23. The van der Waals surface area contributed by atoms with Gasteiger partial charge in [0.15, 0.2) is 6.61 Å². The van der Waals surface area contributed by atoms with Crippen LogP contribution in [-0.4, -0.2) is 31.0 Å². The summed E-state index contributed by atoms with van der Waals surface area (Å²) in [6.45, 7) is 3.41. The average Bonchev–Trinajstić information content (AvgIpc) is 2.59. The van der Waals surface area contributed by atoms with E-state index in [2.05, 4.69) is 10.6 Å². The fraction of sp³-hybridized carbons (Fsp3) is 0.263. The Bertz CT molecular complexity index is 733. The van der Waals surface area contributed by atoms with E-state index in [4.69, 9.17) is 16.3 Å². The molecule has 0 aliphatic heterocycles. The second-order valence-electron chi connectivity index (χ2n) is 5.80. The van der Waals surface area contributed by atoms with Crippen LogP contribution in [0.1, 0.15) is 13.8 Å². The van der Waals surface area contributed by atoms with Crippen LogP contribution in [0.4, 0.5) is 0 Å². The number of carbonyl (C=O) groups is 2. The van der Waals surface area contributed by atoms with Crippen molar-refractivity contribution < 1.29 is 14.3 Å². The number of rotatable bonds is 7. The minimum absolute atomic E-state index is 0.0302. The highest BCUT2D eigenvalue weighted by molar-refractivity contribution is 6.32. The largest absolute Gasteiger partial charge is 0.482 e. The van der Waals surface area contributed by atoms with Crippen molar-refractivity contribution in [1.29, 1.82) is 0 Å². The van der Waals surface area contributed by atoms with Crippen molar-refractivity contribution in [2.45, 2.75) is 19.9 Å². The average molecular weight is 361 g/mol. The van der Waals surface area contributed by atoms with Gasteiger partial charge in [0.25, 0.3) is 5.91 Å². The predicted molar refractivity (Wildman–Crippen MR) is 98.7 cm³/mol. The first kappa shape index (κ1) is 18.8. The molecule has 5 nitrogen and oxygen atoms in total. The SMILES string of the molecule is CC(C)NC(=O)CNC(=O)COc1ccc(-c2ccccc2)cc1Cl. The summed E-state index contributed by atoms with van der Waals surface area (Å²) in [6, 6.07) is 15.3. The smallest absolute Gasteiger partial charge is 0.258 e. The van der Waals surface area contributed by atoms with Crippen LogP contribution in [0.3, 0.4) is 0 Å². The first-order valence-electron chi connectivity index (χ1n) is 7.99. The summed E-state index contributed by atoms with van der Waals surface area (Å²) in [5.41, 5.74) is 2.01. The number of ether oxygens (including phenoxy) is 1. The van der Waals surface area contributed by atoms with Gasteiger partial charge in [0, 0.05) is 6.04 Å². The number of benzene rings is 2. The van der Waals surface area contributed by atoms with Crippen molar-refractivity contribution in [1.82, 2.24) is 10.6 Å². The number of hydrogen-bond acceptors (Lipinski definition) is 3. The van der Waals surface area contributed by atoms with E-state index < -0.39 is 0 Å². The summed E-state index contributed by atoms with van der Waals surface area (Å²) in [6.07, 6.45) is 0. The Hall–Kier alpha value is -2.53. The van der Waals surface area contributed by atoms with Gasteiger partial charge >= 0.3 is 0 Å². The van der Waals surface area contributed by atoms with Gasteiger partial charge in [-0.25, -0.2) is 0 Å². The van der Waals surface area contributed by atoms with Crippen molar-refractivity contribution >= 4 is 23.4 Å². The molecular weight excluding hydrogens is 340 g/mol. The van der Waals surface area contributed by atoms with Gasteiger partial charge in [0.05, 0.1) is 11.6 Å². The van der Waals surface area contributed by atoms with E-state index in [9.17, 15) is 9.59 Å². The van der Waals surface area contributed by atoms with Crippen molar-refractivity contribution in [3.63, 3.8) is 0 Å². The molecular formula is C19H21ClN2O3. The minimum Gasteiger partial charge on any atom is -0.482 e. The zero-order valence-electron chi connectivity index (χ0n) is 14.2. The highest BCUT2D eigenvalue weighted by Gasteiger charge is 2.09. The number of nitrogens with one attached hydrogen (secondary N) is 2. The molecule has 2 rings (SSSR count). The third-order valence-corrected chi connectivity index (χ3v) is 3.59. The summed E-state index contributed by atoms with van der Waals surface area (Å²) in [7, 11) is 0. The predicted octanol–water partition coefficient (Wildman–Crippen LogP) is 3.03. The van der Waals surface area contributed by atoms with Gasteiger partial charge in [-0.2, -0.15) is 0 Å². The molecule has 0 bridgehead atoms. The molecule has 0 unspecified atom stereocenters. The molecule has 2 amide bonds. The van der Waals surface area contributed by atoms with Crippen LogP contribution in [0.2, 0.25) is 5.02 Å². The maximum absolute atomic E-state index is 11.7. The van der Waals surface area contributed by atoms with E-state index in [1.54, 1.807) is 12.1 Å². The van der Waals surface area contributed by atoms with Crippen LogP contribution in [0.25, 0.3) is 11.1 Å². The molecule has 0 fully saturated rings. The lowest BCUT2D eigenvalue weighted by Crippen LogP contribution is -2.41. The van der Waals surface area contributed by atoms with Gasteiger partial charge in [-0.1, -0.05) is 48.0 Å². The Labute approximate surface area is 152 Å². The third kappa shape index (κ3) is 6.12. The van der Waals surface area contributed by atoms with Crippen LogP contribution in [0.5, 0.6) is 5.75 Å². The van der Waals surface area contributed by atoms with Gasteiger partial charge in [-0.15, -0.1) is 0 Å². The van der Waals surface area contributed by atoms with Gasteiger partial charge in [0.2, 0.25) is 5.91 Å². The number of halogens is 1. The summed E-state index contributed by atoms with van der Waals surface area (Å²) in [4.78, 5) is 23.2. The van der Waals surface area contributed by atoms with Gasteiger partial charge in [-0.3, -0.25) is 9.59 Å². The first-order chi connectivity index (χ1) is 12.0. The molecule has 2 aromatic rings. The molecule has 2 aromatic carbocycles. The fourth-order valence-electron chi connectivity index (χ4n) is 2.17. The molecule has 132 valence electrons. The minimum atomic E-state index is -0.387. The third-order valence-electron chi connectivity index (χ3n) is 3.29. The van der Waals surface area contributed by atoms with Gasteiger partial charge < -0.3 is 15.4 Å². The Kier molecular flexibility index (Phi) is 6.83. The molecule has 0 atom stereocenters. The lowest BCUT2D eigenvalue weighted by molar-refractivity contribution is -0.127. The maximum atomic E-state index is 11.7. The zero-order valence-corrected chi connectivity index (χ0v) is 15.0. The monoisotopic (exact) mass is 360 g/mol. The number of amides is 2. The standard InChI is InChI=1S/C19H21ClN2O3/c1-13(2)22-18(23)11-21-19(24)12-25-17-9-8-15(10-16(17)20)14-6-4-3-5-7-14/h3-10,13H,11-12H2,1-2H3,(H,21,24)(H,22,23). The quantitative estimate of drug-likeness (QED) is 0.797. The normalized spacial score (nSPS) is 10.4. The summed E-state index contributed by atoms with van der Waals surface area (Å²) in [5.74, 6) is -0.209. The van der Waals surface area contributed by atoms with Crippen LogP contribution in [0, 0.1) is 0 Å². The van der Waals surface area contributed by atoms with E-state index in [1.807, 2.05) is 50.2 Å². The number of carbonyl (C=O) groups excluding carboxylic acids is 2. The van der Waals surface area contributed by atoms with Crippen molar-refractivity contribution in [3.8, 4) is 16.9 Å². The molecule has 0 aliphatic rings. The van der Waals surface area contributed by atoms with Crippen LogP contribution >= 0.6 is 11.6 Å². The zero-order chi connectivity index (χ0) is 18.2. The van der Waals surface area contributed by atoms with Crippen molar-refractivity contribution in [2.24, 2.45) is 0 Å².